The number of benzene rings is 2. The molecule has 0 spiro atoms. The summed E-state index contributed by atoms with van der Waals surface area (Å²) in [6.45, 7) is 1.24. The van der Waals surface area contributed by atoms with Crippen molar-refractivity contribution < 1.29 is 18.8 Å². The van der Waals surface area contributed by atoms with Crippen LogP contribution in [0.15, 0.2) is 47.0 Å². The van der Waals surface area contributed by atoms with Crippen LogP contribution in [0.1, 0.15) is 16.1 Å². The van der Waals surface area contributed by atoms with Crippen molar-refractivity contribution in [2.24, 2.45) is 0 Å². The Morgan fingerprint density at radius 2 is 1.85 bits per heavy atom. The lowest BCUT2D eigenvalue weighted by Gasteiger charge is -2.18. The van der Waals surface area contributed by atoms with Crippen molar-refractivity contribution in [2.75, 3.05) is 13.2 Å². The lowest BCUT2D eigenvalue weighted by Crippen LogP contribution is -2.23. The highest BCUT2D eigenvalue weighted by atomic mass is 35.5. The first-order valence-electron chi connectivity index (χ1n) is 8.19. The lowest BCUT2D eigenvalue weighted by atomic mass is 10.1. The molecule has 138 valence electrons. The molecule has 6 nitrogen and oxygen atoms in total. The van der Waals surface area contributed by atoms with E-state index in [1.54, 1.807) is 18.2 Å². The second-order valence-corrected chi connectivity index (χ2v) is 6.69. The third kappa shape index (κ3) is 3.86. The minimum absolute atomic E-state index is 0.190. The number of nitrogens with one attached hydrogen (secondary N) is 1. The van der Waals surface area contributed by atoms with Gasteiger partial charge in [0.1, 0.15) is 18.9 Å². The number of carbonyl (C=O) groups is 1. The summed E-state index contributed by atoms with van der Waals surface area (Å²) in [5.41, 5.74) is 1.69. The van der Waals surface area contributed by atoms with Crippen molar-refractivity contribution in [3.05, 3.63) is 63.8 Å². The molecule has 3 aromatic rings. The molecule has 27 heavy (non-hydrogen) atoms. The van der Waals surface area contributed by atoms with Gasteiger partial charge in [0.15, 0.2) is 17.3 Å². The van der Waals surface area contributed by atoms with Gasteiger partial charge in [0.2, 0.25) is 0 Å². The topological polar surface area (TPSA) is 73.6 Å². The van der Waals surface area contributed by atoms with Crippen molar-refractivity contribution in [1.29, 1.82) is 0 Å². The zero-order chi connectivity index (χ0) is 18.8. The fourth-order valence-electron chi connectivity index (χ4n) is 2.67. The van der Waals surface area contributed by atoms with E-state index in [1.807, 2.05) is 18.2 Å². The highest BCUT2D eigenvalue weighted by Gasteiger charge is 2.16. The monoisotopic (exact) mass is 404 g/mol. The zero-order valence-corrected chi connectivity index (χ0v) is 15.5. The van der Waals surface area contributed by atoms with E-state index in [-0.39, 0.29) is 12.5 Å². The molecule has 0 bridgehead atoms. The van der Waals surface area contributed by atoms with Gasteiger partial charge in [-0.1, -0.05) is 28.4 Å². The molecule has 0 atom stereocenters. The first-order chi connectivity index (χ1) is 13.1. The minimum Gasteiger partial charge on any atom is -0.486 e. The van der Waals surface area contributed by atoms with Crippen LogP contribution in [0.25, 0.3) is 11.3 Å². The van der Waals surface area contributed by atoms with E-state index in [0.717, 1.165) is 5.56 Å². The van der Waals surface area contributed by atoms with Crippen molar-refractivity contribution in [1.82, 2.24) is 10.5 Å². The smallest absolute Gasteiger partial charge is 0.253 e. The average Bonchev–Trinajstić information content (AvgIpc) is 3.16. The molecule has 1 aromatic heterocycles. The van der Waals surface area contributed by atoms with Gasteiger partial charge in [-0.05, 0) is 36.4 Å². The largest absolute Gasteiger partial charge is 0.486 e. The van der Waals surface area contributed by atoms with Crippen molar-refractivity contribution in [2.45, 2.75) is 6.54 Å². The summed E-state index contributed by atoms with van der Waals surface area (Å²) in [6.07, 6.45) is 0. The maximum Gasteiger partial charge on any atom is 0.253 e. The van der Waals surface area contributed by atoms with Gasteiger partial charge in [-0.15, -0.1) is 0 Å². The average molecular weight is 405 g/mol. The third-order valence-corrected chi connectivity index (χ3v) is 4.55. The van der Waals surface area contributed by atoms with Crippen molar-refractivity contribution >= 4 is 29.1 Å². The molecule has 1 N–H and O–H groups in total. The number of hydrogen-bond donors (Lipinski definition) is 1. The summed E-state index contributed by atoms with van der Waals surface area (Å²) >= 11 is 12.0. The van der Waals surface area contributed by atoms with Crippen LogP contribution < -0.4 is 14.8 Å². The van der Waals surface area contributed by atoms with Crippen LogP contribution >= 0.6 is 23.2 Å². The molecule has 1 amide bonds. The first kappa shape index (κ1) is 17.7. The summed E-state index contributed by atoms with van der Waals surface area (Å²) in [7, 11) is 0. The van der Waals surface area contributed by atoms with Gasteiger partial charge in [0, 0.05) is 16.7 Å². The first-order valence-corrected chi connectivity index (χ1v) is 8.94. The molecule has 0 aliphatic carbocycles. The van der Waals surface area contributed by atoms with Gasteiger partial charge >= 0.3 is 0 Å². The Balaban J connectivity index is 1.45. The van der Waals surface area contributed by atoms with Crippen molar-refractivity contribution in [3.63, 3.8) is 0 Å². The van der Waals surface area contributed by atoms with Gasteiger partial charge in [0.05, 0.1) is 17.1 Å². The normalized spacial score (nSPS) is 12.7. The molecule has 1 aliphatic rings. The summed E-state index contributed by atoms with van der Waals surface area (Å²) in [4.78, 5) is 12.3. The third-order valence-electron chi connectivity index (χ3n) is 3.99. The Morgan fingerprint density at radius 3 is 2.70 bits per heavy atom. The molecular weight excluding hydrogens is 391 g/mol. The molecule has 2 aromatic carbocycles. The molecule has 0 saturated heterocycles. The van der Waals surface area contributed by atoms with E-state index in [1.165, 1.54) is 6.07 Å². The standard InChI is InChI=1S/C19H14Cl2N2O4/c20-12-2-3-15(21)14(8-12)19(24)22-10-13-9-17(27-23-13)11-1-4-16-18(7-11)26-6-5-25-16/h1-4,7-9H,5-6,10H2,(H,22,24). The molecule has 0 saturated carbocycles. The van der Waals surface area contributed by atoms with Crippen molar-refractivity contribution in [3.8, 4) is 22.8 Å². The number of halogens is 2. The maximum atomic E-state index is 12.3. The van der Waals surface area contributed by atoms with Crippen LogP contribution in [0.4, 0.5) is 0 Å². The number of aromatic nitrogens is 1. The van der Waals surface area contributed by atoms with Crippen LogP contribution in [0.3, 0.4) is 0 Å². The van der Waals surface area contributed by atoms with Gasteiger partial charge in [-0.25, -0.2) is 0 Å². The molecule has 0 radical (unpaired) electrons. The number of ether oxygens (including phenoxy) is 2. The number of hydrogen-bond acceptors (Lipinski definition) is 5. The number of fused-ring (bicyclic) bond motifs is 1. The van der Waals surface area contributed by atoms with E-state index in [4.69, 9.17) is 37.2 Å². The highest BCUT2D eigenvalue weighted by Crippen LogP contribution is 2.34. The number of rotatable bonds is 4. The molecule has 1 aliphatic heterocycles. The molecular formula is C19H14Cl2N2O4. The minimum atomic E-state index is -0.341. The van der Waals surface area contributed by atoms with Gasteiger partial charge in [-0.2, -0.15) is 0 Å². The molecule has 4 rings (SSSR count). The fourth-order valence-corrected chi connectivity index (χ4v) is 3.04. The van der Waals surface area contributed by atoms with Crippen LogP contribution in [0, 0.1) is 0 Å². The SMILES string of the molecule is O=C(NCc1cc(-c2ccc3c(c2)OCCO3)on1)c1cc(Cl)ccc1Cl. The maximum absolute atomic E-state index is 12.3. The van der Waals surface area contributed by atoms with Gasteiger partial charge in [0.25, 0.3) is 5.91 Å². The van der Waals surface area contributed by atoms with Crippen LogP contribution in [-0.4, -0.2) is 24.3 Å². The quantitative estimate of drug-likeness (QED) is 0.699. The molecule has 0 fully saturated rings. The Morgan fingerprint density at radius 1 is 1.04 bits per heavy atom. The van der Waals surface area contributed by atoms with Crippen LogP contribution in [0.5, 0.6) is 11.5 Å². The Labute approximate surface area is 165 Å². The predicted octanol–water partition coefficient (Wildman–Crippen LogP) is 4.35. The van der Waals surface area contributed by atoms with E-state index in [2.05, 4.69) is 10.5 Å². The summed E-state index contributed by atoms with van der Waals surface area (Å²) in [5, 5.41) is 7.50. The number of carbonyl (C=O) groups excluding carboxylic acids is 1. The fraction of sp³-hybridized carbons (Fsp3) is 0.158. The second kappa shape index (κ2) is 7.50. The molecule has 8 heteroatoms. The summed E-state index contributed by atoms with van der Waals surface area (Å²) < 4.78 is 16.5. The lowest BCUT2D eigenvalue weighted by molar-refractivity contribution is 0.0950. The van der Waals surface area contributed by atoms with E-state index < -0.39 is 0 Å². The Kier molecular flexibility index (Phi) is 4.92. The molecule has 0 unspecified atom stereocenters. The number of amides is 1. The van der Waals surface area contributed by atoms with Gasteiger partial charge in [-0.3, -0.25) is 4.79 Å². The van der Waals surface area contributed by atoms with E-state index >= 15 is 0 Å². The van der Waals surface area contributed by atoms with Crippen LogP contribution in [-0.2, 0) is 6.54 Å². The summed E-state index contributed by atoms with van der Waals surface area (Å²) in [5.74, 6) is 1.60. The van der Waals surface area contributed by atoms with E-state index in [0.29, 0.717) is 51.8 Å². The second-order valence-electron chi connectivity index (χ2n) is 5.85. The molecule has 2 heterocycles. The Bertz CT molecular complexity index is 1000. The van der Waals surface area contributed by atoms with Crippen LogP contribution in [0.2, 0.25) is 10.0 Å². The van der Waals surface area contributed by atoms with Gasteiger partial charge < -0.3 is 19.3 Å². The number of nitrogens with zero attached hydrogens (tertiary/aromatic N) is 1. The Hall–Kier alpha value is -2.70. The highest BCUT2D eigenvalue weighted by molar-refractivity contribution is 6.35. The predicted molar refractivity (Wildman–Crippen MR) is 101 cm³/mol. The van der Waals surface area contributed by atoms with E-state index in [9.17, 15) is 4.79 Å². The zero-order valence-electron chi connectivity index (χ0n) is 14.0. The summed E-state index contributed by atoms with van der Waals surface area (Å²) in [6, 6.07) is 12.0.